The smallest absolute Gasteiger partial charge is 0.254 e. The maximum Gasteiger partial charge on any atom is 0.254 e. The Labute approximate surface area is 243 Å². The van der Waals surface area contributed by atoms with Gasteiger partial charge in [0.25, 0.3) is 5.91 Å². The molecule has 0 saturated heterocycles. The zero-order valence-electron chi connectivity index (χ0n) is 24.9. The molecule has 0 bridgehead atoms. The highest BCUT2D eigenvalue weighted by Gasteiger charge is 2.20. The van der Waals surface area contributed by atoms with Gasteiger partial charge in [0.15, 0.2) is 0 Å². The number of carbonyl (C=O) groups excluding carboxylic acids is 1. The molecule has 1 aromatic heterocycles. The Hall–Kier alpha value is -3.59. The molecule has 1 amide bonds. The van der Waals surface area contributed by atoms with Gasteiger partial charge in [0.2, 0.25) is 0 Å². The number of halogens is 1. The minimum Gasteiger partial charge on any atom is -0.337 e. The van der Waals surface area contributed by atoms with Crippen LogP contribution in [0.1, 0.15) is 54.6 Å². The van der Waals surface area contributed by atoms with E-state index in [-0.39, 0.29) is 17.8 Å². The maximum absolute atomic E-state index is 14.1. The van der Waals surface area contributed by atoms with Crippen LogP contribution in [0.15, 0.2) is 54.6 Å². The first-order valence-electron chi connectivity index (χ1n) is 14.4. The van der Waals surface area contributed by atoms with Gasteiger partial charge >= 0.3 is 0 Å². The van der Waals surface area contributed by atoms with E-state index in [4.69, 9.17) is 4.98 Å². The van der Waals surface area contributed by atoms with E-state index in [1.165, 1.54) is 17.7 Å². The fraction of sp³-hybridized carbons (Fsp3) is 0.394. The molecule has 0 fully saturated rings. The zero-order valence-corrected chi connectivity index (χ0v) is 24.9. The van der Waals surface area contributed by atoms with Crippen LogP contribution in [0.2, 0.25) is 0 Å². The largest absolute Gasteiger partial charge is 0.337 e. The van der Waals surface area contributed by atoms with Crippen LogP contribution < -0.4 is 26.7 Å². The van der Waals surface area contributed by atoms with E-state index in [1.54, 1.807) is 18.0 Å². The molecule has 3 aromatic rings. The lowest BCUT2D eigenvalue weighted by molar-refractivity contribution is 0.0783. The Balaban J connectivity index is 1.80. The van der Waals surface area contributed by atoms with Gasteiger partial charge < -0.3 is 20.5 Å². The summed E-state index contributed by atoms with van der Waals surface area (Å²) < 4.78 is 13.9. The first-order valence-corrected chi connectivity index (χ1v) is 14.4. The van der Waals surface area contributed by atoms with E-state index in [2.05, 4.69) is 72.3 Å². The molecule has 0 unspecified atom stereocenters. The van der Waals surface area contributed by atoms with Crippen molar-refractivity contribution in [2.24, 2.45) is 0 Å². The first-order chi connectivity index (χ1) is 19.7. The van der Waals surface area contributed by atoms with Gasteiger partial charge in [0, 0.05) is 55.7 Å². The zero-order chi connectivity index (χ0) is 29.4. The summed E-state index contributed by atoms with van der Waals surface area (Å²) in [7, 11) is 5.84. The van der Waals surface area contributed by atoms with Gasteiger partial charge in [-0.05, 0) is 82.6 Å². The molecule has 1 heterocycles. The maximum atomic E-state index is 14.1. The van der Waals surface area contributed by atoms with E-state index in [9.17, 15) is 9.18 Å². The number of fused-ring (bicyclic) bond motifs is 1. The van der Waals surface area contributed by atoms with E-state index >= 15 is 0 Å². The van der Waals surface area contributed by atoms with E-state index < -0.39 is 0 Å². The molecule has 1 aliphatic rings. The summed E-state index contributed by atoms with van der Waals surface area (Å²) in [5, 5.41) is 4.84. The molecule has 2 aromatic carbocycles. The van der Waals surface area contributed by atoms with Crippen LogP contribution in [0.5, 0.6) is 0 Å². The lowest BCUT2D eigenvalue weighted by Crippen LogP contribution is -2.45. The molecule has 0 saturated carbocycles. The summed E-state index contributed by atoms with van der Waals surface area (Å²) in [6.45, 7) is 7.12. The number of likely N-dealkylation sites (N-methyl/N-ethyl adjacent to an activating group) is 2. The Kier molecular flexibility index (Phi) is 10.6. The van der Waals surface area contributed by atoms with Crippen molar-refractivity contribution in [2.45, 2.75) is 52.2 Å². The molecular formula is C33H43FN6O. The third kappa shape index (κ3) is 8.22. The lowest BCUT2D eigenvalue weighted by Gasteiger charge is -2.20. The molecule has 4 rings (SSSR count). The summed E-state index contributed by atoms with van der Waals surface area (Å²) in [4.78, 5) is 23.1. The van der Waals surface area contributed by atoms with Gasteiger partial charge in [-0.25, -0.2) is 14.8 Å². The van der Waals surface area contributed by atoms with Crippen LogP contribution in [-0.2, 0) is 13.1 Å². The predicted octanol–water partition coefficient (Wildman–Crippen LogP) is 3.39. The van der Waals surface area contributed by atoms with E-state index in [0.717, 1.165) is 72.0 Å². The Morgan fingerprint density at radius 3 is 2.54 bits per heavy atom. The average Bonchev–Trinajstić information content (AvgIpc) is 3.16. The lowest BCUT2D eigenvalue weighted by atomic mass is 10.0. The quantitative estimate of drug-likeness (QED) is 0.296. The number of nitrogens with one attached hydrogen (secondary N) is 3. The molecule has 0 radical (unpaired) electrons. The summed E-state index contributed by atoms with van der Waals surface area (Å²) in [6, 6.07) is 16.9. The molecule has 41 heavy (non-hydrogen) atoms. The number of pyridine rings is 1. The Morgan fingerprint density at radius 2 is 1.80 bits per heavy atom. The molecule has 218 valence electrons. The highest BCUT2D eigenvalue weighted by atomic mass is 19.1. The van der Waals surface area contributed by atoms with Crippen molar-refractivity contribution in [2.75, 3.05) is 34.2 Å². The molecule has 1 aliphatic carbocycles. The molecule has 0 atom stereocenters. The number of rotatable bonds is 12. The molecular weight excluding hydrogens is 515 g/mol. The fourth-order valence-corrected chi connectivity index (χ4v) is 5.05. The van der Waals surface area contributed by atoms with Gasteiger partial charge in [-0.1, -0.05) is 36.4 Å². The minimum absolute atomic E-state index is 0.128. The van der Waals surface area contributed by atoms with Crippen LogP contribution in [0.4, 0.5) is 4.39 Å². The second kappa shape index (κ2) is 14.3. The highest BCUT2D eigenvalue weighted by molar-refractivity contribution is 5.96. The Bertz CT molecular complexity index is 1470. The summed E-state index contributed by atoms with van der Waals surface area (Å²) in [5.41, 5.74) is 11.9. The van der Waals surface area contributed by atoms with Crippen molar-refractivity contribution >= 4 is 17.7 Å². The van der Waals surface area contributed by atoms with Crippen LogP contribution in [-0.4, -0.2) is 61.0 Å². The van der Waals surface area contributed by atoms with Crippen molar-refractivity contribution in [3.05, 3.63) is 87.7 Å². The van der Waals surface area contributed by atoms with Crippen LogP contribution in [0.25, 0.3) is 23.0 Å². The third-order valence-corrected chi connectivity index (χ3v) is 7.13. The molecule has 7 nitrogen and oxygen atoms in total. The highest BCUT2D eigenvalue weighted by Crippen LogP contribution is 2.20. The van der Waals surface area contributed by atoms with Gasteiger partial charge in [-0.15, -0.1) is 0 Å². The first kappa shape index (κ1) is 30.4. The monoisotopic (exact) mass is 558 g/mol. The number of amides is 1. The SMILES string of the molecule is CNCCN(C)Cc1cccc(-c2cc(C(=O)N(C)Cc3cccc(F)c3)c3c(n2)=CCCCC=3NNC(C)C)c1. The topological polar surface area (TPSA) is 72.5 Å². The number of hydrogen-bond donors (Lipinski definition) is 3. The number of carbonyl (C=O) groups is 1. The number of aromatic nitrogens is 1. The van der Waals surface area contributed by atoms with Gasteiger partial charge in [-0.3, -0.25) is 4.79 Å². The fourth-order valence-electron chi connectivity index (χ4n) is 5.05. The van der Waals surface area contributed by atoms with Crippen molar-refractivity contribution in [3.63, 3.8) is 0 Å². The van der Waals surface area contributed by atoms with Crippen LogP contribution in [0.3, 0.4) is 0 Å². The Morgan fingerprint density at radius 1 is 1.05 bits per heavy atom. The van der Waals surface area contributed by atoms with Gasteiger partial charge in [0.1, 0.15) is 5.82 Å². The standard InChI is InChI=1S/C33H43FN6O/c1-23(2)37-38-30-15-7-6-14-29-32(30)28(33(41)40(5)22-25-11-9-13-27(34)19-25)20-31(36-29)26-12-8-10-24(18-26)21-39(4)17-16-35-3/h8-14,18-20,23,35,37-38H,6-7,15-17,21-22H2,1-5H3. The molecule has 8 heteroatoms. The number of benzene rings is 2. The number of hydrogen-bond acceptors (Lipinski definition) is 6. The third-order valence-electron chi connectivity index (χ3n) is 7.13. The van der Waals surface area contributed by atoms with Crippen molar-refractivity contribution < 1.29 is 9.18 Å². The van der Waals surface area contributed by atoms with E-state index in [0.29, 0.717) is 12.1 Å². The van der Waals surface area contributed by atoms with Gasteiger partial charge in [-0.2, -0.15) is 0 Å². The number of nitrogens with zero attached hydrogens (tertiary/aromatic N) is 3. The van der Waals surface area contributed by atoms with Crippen LogP contribution in [0, 0.1) is 5.82 Å². The number of hydrazine groups is 1. The average molecular weight is 559 g/mol. The second-order valence-corrected chi connectivity index (χ2v) is 11.1. The van der Waals surface area contributed by atoms with Gasteiger partial charge in [0.05, 0.1) is 16.6 Å². The van der Waals surface area contributed by atoms with Crippen molar-refractivity contribution in [1.82, 2.24) is 31.0 Å². The summed E-state index contributed by atoms with van der Waals surface area (Å²) >= 11 is 0. The van der Waals surface area contributed by atoms with Crippen LogP contribution >= 0.6 is 0 Å². The van der Waals surface area contributed by atoms with Crippen molar-refractivity contribution in [3.8, 4) is 11.3 Å². The summed E-state index contributed by atoms with van der Waals surface area (Å²) in [6.07, 6.45) is 4.77. The summed E-state index contributed by atoms with van der Waals surface area (Å²) in [5.74, 6) is -0.440. The second-order valence-electron chi connectivity index (χ2n) is 11.1. The minimum atomic E-state index is -0.311. The molecule has 3 N–H and O–H groups in total. The van der Waals surface area contributed by atoms with E-state index in [1.807, 2.05) is 19.2 Å². The van der Waals surface area contributed by atoms with Crippen molar-refractivity contribution in [1.29, 1.82) is 0 Å². The molecule has 0 aliphatic heterocycles. The normalized spacial score (nSPS) is 13.1. The molecule has 0 spiro atoms. The predicted molar refractivity (Wildman–Crippen MR) is 165 cm³/mol.